The van der Waals surface area contributed by atoms with Crippen molar-refractivity contribution in [3.63, 3.8) is 0 Å². The second-order valence-corrected chi connectivity index (χ2v) is 7.94. The number of para-hydroxylation sites is 1. The molecule has 0 saturated heterocycles. The van der Waals surface area contributed by atoms with E-state index in [0.29, 0.717) is 12.1 Å². The van der Waals surface area contributed by atoms with E-state index in [9.17, 15) is 4.79 Å². The average Bonchev–Trinajstić information content (AvgIpc) is 2.95. The van der Waals surface area contributed by atoms with Gasteiger partial charge in [-0.05, 0) is 50.2 Å². The van der Waals surface area contributed by atoms with Crippen molar-refractivity contribution < 1.29 is 4.79 Å². The molecule has 1 amide bonds. The molecule has 0 spiro atoms. The molecule has 0 aliphatic heterocycles. The quantitative estimate of drug-likeness (QED) is 0.453. The van der Waals surface area contributed by atoms with Crippen molar-refractivity contribution in [2.24, 2.45) is 0 Å². The Morgan fingerprint density at radius 3 is 2.50 bits per heavy atom. The molecule has 0 aliphatic rings. The monoisotopic (exact) mass is 429 g/mol. The summed E-state index contributed by atoms with van der Waals surface area (Å²) in [5.41, 5.74) is 3.21. The van der Waals surface area contributed by atoms with Crippen molar-refractivity contribution >= 4 is 33.6 Å². The molecule has 0 atom stereocenters. The van der Waals surface area contributed by atoms with E-state index in [1.54, 1.807) is 11.8 Å². The molecule has 6 heteroatoms. The number of thioether (sulfide) groups is 1. The normalized spacial score (nSPS) is 10.7. The van der Waals surface area contributed by atoms with Gasteiger partial charge < -0.3 is 5.32 Å². The molecule has 3 aromatic rings. The zero-order chi connectivity index (χ0) is 18.5. The molecular formula is C20H20BrN3OS. The predicted molar refractivity (Wildman–Crippen MR) is 110 cm³/mol. The van der Waals surface area contributed by atoms with Crippen molar-refractivity contribution in [3.8, 4) is 5.69 Å². The van der Waals surface area contributed by atoms with Crippen molar-refractivity contribution in [2.45, 2.75) is 18.7 Å². The third kappa shape index (κ3) is 4.37. The summed E-state index contributed by atoms with van der Waals surface area (Å²) < 4.78 is 2.89. The Kier molecular flexibility index (Phi) is 6.16. The number of aryl methyl sites for hydroxylation is 1. The Morgan fingerprint density at radius 1 is 1.12 bits per heavy atom. The smallest absolute Gasteiger partial charge is 0.255 e. The lowest BCUT2D eigenvalue weighted by Gasteiger charge is -2.07. The number of carbonyl (C=O) groups excluding carboxylic acids is 1. The molecule has 4 nitrogen and oxygen atoms in total. The first-order valence-electron chi connectivity index (χ1n) is 8.34. The van der Waals surface area contributed by atoms with Gasteiger partial charge in [-0.1, -0.05) is 34.1 Å². The first kappa shape index (κ1) is 18.7. The first-order valence-corrected chi connectivity index (χ1v) is 10.1. The molecule has 0 fully saturated rings. The van der Waals surface area contributed by atoms with Crippen LogP contribution in [0.5, 0.6) is 0 Å². The van der Waals surface area contributed by atoms with Crippen LogP contribution in [0.2, 0.25) is 0 Å². The molecule has 2 aromatic carbocycles. The summed E-state index contributed by atoms with van der Waals surface area (Å²) in [4.78, 5) is 13.8. The van der Waals surface area contributed by atoms with Crippen LogP contribution in [0.1, 0.15) is 21.7 Å². The van der Waals surface area contributed by atoms with Gasteiger partial charge in [-0.2, -0.15) is 5.10 Å². The van der Waals surface area contributed by atoms with Crippen molar-refractivity contribution in [3.05, 3.63) is 76.0 Å². The Labute approximate surface area is 166 Å². The fourth-order valence-electron chi connectivity index (χ4n) is 2.74. The molecule has 1 heterocycles. The van der Waals surface area contributed by atoms with Crippen molar-refractivity contribution in [1.82, 2.24) is 15.1 Å². The van der Waals surface area contributed by atoms with Gasteiger partial charge in [0.05, 0.1) is 22.6 Å². The molecule has 0 unspecified atom stereocenters. The average molecular weight is 430 g/mol. The van der Waals surface area contributed by atoms with Crippen LogP contribution < -0.4 is 5.32 Å². The standard InChI is InChI=1S/C20H20BrN3OS/c1-14-19(15(2)24(23-14)17-6-4-3-5-7-17)20(25)22-12-13-26-18-10-8-16(21)9-11-18/h3-11H,12-13H2,1-2H3,(H,22,25). The highest BCUT2D eigenvalue weighted by molar-refractivity contribution is 9.10. The maximum Gasteiger partial charge on any atom is 0.255 e. The second-order valence-electron chi connectivity index (χ2n) is 5.85. The first-order chi connectivity index (χ1) is 12.6. The van der Waals surface area contributed by atoms with Crippen LogP contribution in [0.25, 0.3) is 5.69 Å². The SMILES string of the molecule is Cc1nn(-c2ccccc2)c(C)c1C(=O)NCCSc1ccc(Br)cc1. The second kappa shape index (κ2) is 8.56. The van der Waals surface area contributed by atoms with Gasteiger partial charge in [-0.3, -0.25) is 4.79 Å². The number of aromatic nitrogens is 2. The topological polar surface area (TPSA) is 46.9 Å². The fourth-order valence-corrected chi connectivity index (χ4v) is 3.78. The molecule has 1 N–H and O–H groups in total. The lowest BCUT2D eigenvalue weighted by molar-refractivity contribution is 0.0955. The van der Waals surface area contributed by atoms with E-state index in [1.807, 2.05) is 61.0 Å². The molecule has 0 bridgehead atoms. The Bertz CT molecular complexity index is 891. The maximum atomic E-state index is 12.6. The molecule has 3 rings (SSSR count). The third-order valence-electron chi connectivity index (χ3n) is 3.99. The summed E-state index contributed by atoms with van der Waals surface area (Å²) >= 11 is 5.15. The Morgan fingerprint density at radius 2 is 1.81 bits per heavy atom. The number of rotatable bonds is 6. The number of amides is 1. The molecule has 0 aliphatic carbocycles. The minimum Gasteiger partial charge on any atom is -0.351 e. The maximum absolute atomic E-state index is 12.6. The zero-order valence-electron chi connectivity index (χ0n) is 14.7. The number of hydrogen-bond acceptors (Lipinski definition) is 3. The zero-order valence-corrected chi connectivity index (χ0v) is 17.1. The minimum absolute atomic E-state index is 0.0708. The highest BCUT2D eigenvalue weighted by Crippen LogP contribution is 2.20. The van der Waals surface area contributed by atoms with Crippen LogP contribution in [0.4, 0.5) is 0 Å². The van der Waals surface area contributed by atoms with Gasteiger partial charge in [-0.25, -0.2) is 4.68 Å². The predicted octanol–water partition coefficient (Wildman–Crippen LogP) is 4.77. The van der Waals surface area contributed by atoms with Gasteiger partial charge in [0.2, 0.25) is 0 Å². The van der Waals surface area contributed by atoms with Crippen LogP contribution in [0, 0.1) is 13.8 Å². The Hall–Kier alpha value is -2.05. The fraction of sp³-hybridized carbons (Fsp3) is 0.200. The van der Waals surface area contributed by atoms with E-state index in [1.165, 1.54) is 4.90 Å². The summed E-state index contributed by atoms with van der Waals surface area (Å²) in [6.45, 7) is 4.41. The van der Waals surface area contributed by atoms with E-state index in [4.69, 9.17) is 0 Å². The largest absolute Gasteiger partial charge is 0.351 e. The van der Waals surface area contributed by atoms with Gasteiger partial charge in [0, 0.05) is 21.7 Å². The molecule has 26 heavy (non-hydrogen) atoms. The molecule has 134 valence electrons. The molecule has 0 radical (unpaired) electrons. The molecule has 1 aromatic heterocycles. The number of carbonyl (C=O) groups is 1. The van der Waals surface area contributed by atoms with Gasteiger partial charge in [0.15, 0.2) is 0 Å². The van der Waals surface area contributed by atoms with Crippen LogP contribution in [0.3, 0.4) is 0 Å². The molecule has 0 saturated carbocycles. The van der Waals surface area contributed by atoms with Crippen LogP contribution >= 0.6 is 27.7 Å². The number of nitrogens with zero attached hydrogens (tertiary/aromatic N) is 2. The summed E-state index contributed by atoms with van der Waals surface area (Å²) in [5.74, 6) is 0.747. The van der Waals surface area contributed by atoms with E-state index in [-0.39, 0.29) is 5.91 Å². The summed E-state index contributed by atoms with van der Waals surface area (Å²) in [6.07, 6.45) is 0. The minimum atomic E-state index is -0.0708. The van der Waals surface area contributed by atoms with E-state index < -0.39 is 0 Å². The lowest BCUT2D eigenvalue weighted by Crippen LogP contribution is -2.26. The van der Waals surface area contributed by atoms with Crippen LogP contribution in [-0.4, -0.2) is 28.0 Å². The van der Waals surface area contributed by atoms with Gasteiger partial charge in [0.25, 0.3) is 5.91 Å². The van der Waals surface area contributed by atoms with Gasteiger partial charge in [0.1, 0.15) is 0 Å². The Balaban J connectivity index is 1.61. The third-order valence-corrected chi connectivity index (χ3v) is 5.53. The summed E-state index contributed by atoms with van der Waals surface area (Å²) in [5, 5.41) is 7.54. The number of benzene rings is 2. The highest BCUT2D eigenvalue weighted by atomic mass is 79.9. The van der Waals surface area contributed by atoms with E-state index in [2.05, 4.69) is 38.5 Å². The number of hydrogen-bond donors (Lipinski definition) is 1. The van der Waals surface area contributed by atoms with Gasteiger partial charge >= 0.3 is 0 Å². The van der Waals surface area contributed by atoms with E-state index >= 15 is 0 Å². The molecular weight excluding hydrogens is 410 g/mol. The number of halogens is 1. The van der Waals surface area contributed by atoms with E-state index in [0.717, 1.165) is 27.3 Å². The summed E-state index contributed by atoms with van der Waals surface area (Å²) in [7, 11) is 0. The number of nitrogens with one attached hydrogen (secondary N) is 1. The van der Waals surface area contributed by atoms with Crippen molar-refractivity contribution in [1.29, 1.82) is 0 Å². The van der Waals surface area contributed by atoms with Crippen LogP contribution in [-0.2, 0) is 0 Å². The van der Waals surface area contributed by atoms with Crippen LogP contribution in [0.15, 0.2) is 64.0 Å². The van der Waals surface area contributed by atoms with Gasteiger partial charge in [-0.15, -0.1) is 11.8 Å². The van der Waals surface area contributed by atoms with Crippen molar-refractivity contribution in [2.75, 3.05) is 12.3 Å². The summed E-state index contributed by atoms with van der Waals surface area (Å²) in [6, 6.07) is 18.0. The highest BCUT2D eigenvalue weighted by Gasteiger charge is 2.18. The lowest BCUT2D eigenvalue weighted by atomic mass is 10.2.